The highest BCUT2D eigenvalue weighted by molar-refractivity contribution is 5.76. The van der Waals surface area contributed by atoms with E-state index in [4.69, 9.17) is 5.26 Å². The minimum absolute atomic E-state index is 0.0537. The number of nitrogens with zero attached hydrogens (tertiary/aromatic N) is 3. The Morgan fingerprint density at radius 3 is 3.21 bits per heavy atom. The quantitative estimate of drug-likeness (QED) is 0.731. The normalized spacial score (nSPS) is 14.8. The van der Waals surface area contributed by atoms with Gasteiger partial charge in [0.25, 0.3) is 0 Å². The number of nitriles is 1. The van der Waals surface area contributed by atoms with Gasteiger partial charge in [0.2, 0.25) is 11.7 Å². The highest BCUT2D eigenvalue weighted by Gasteiger charge is 2.23. The van der Waals surface area contributed by atoms with E-state index in [0.29, 0.717) is 6.04 Å². The Bertz CT molecular complexity index is 386. The predicted molar refractivity (Wildman–Crippen MR) is 48.1 cm³/mol. The SMILES string of the molecule is N#Cc1nccn1CC(=O)NC1CC1. The maximum absolute atomic E-state index is 11.4. The second-order valence-corrected chi connectivity index (χ2v) is 3.33. The van der Waals surface area contributed by atoms with E-state index in [0.717, 1.165) is 12.8 Å². The molecule has 0 bridgehead atoms. The first-order chi connectivity index (χ1) is 6.79. The number of hydrogen-bond donors (Lipinski definition) is 1. The van der Waals surface area contributed by atoms with E-state index in [9.17, 15) is 4.79 Å². The standard InChI is InChI=1S/C9H10N4O/c10-5-8-11-3-4-13(8)6-9(14)12-7-1-2-7/h3-4,7H,1-2,6H2,(H,12,14). The molecule has 1 aliphatic rings. The third-order valence-corrected chi connectivity index (χ3v) is 2.07. The fraction of sp³-hybridized carbons (Fsp3) is 0.444. The van der Waals surface area contributed by atoms with Gasteiger partial charge < -0.3 is 9.88 Å². The van der Waals surface area contributed by atoms with Crippen molar-refractivity contribution in [2.45, 2.75) is 25.4 Å². The first kappa shape index (κ1) is 8.75. The molecule has 1 aromatic rings. The smallest absolute Gasteiger partial charge is 0.240 e. The number of nitrogens with one attached hydrogen (secondary N) is 1. The summed E-state index contributed by atoms with van der Waals surface area (Å²) in [5, 5.41) is 11.5. The molecule has 1 N–H and O–H groups in total. The fourth-order valence-corrected chi connectivity index (χ4v) is 1.21. The Morgan fingerprint density at radius 1 is 1.79 bits per heavy atom. The molecule has 5 nitrogen and oxygen atoms in total. The van der Waals surface area contributed by atoms with Crippen molar-refractivity contribution in [1.82, 2.24) is 14.9 Å². The van der Waals surface area contributed by atoms with Crippen LogP contribution in [0.2, 0.25) is 0 Å². The summed E-state index contributed by atoms with van der Waals surface area (Å²) < 4.78 is 1.54. The van der Waals surface area contributed by atoms with Crippen molar-refractivity contribution in [3.8, 4) is 6.07 Å². The molecule has 0 atom stereocenters. The number of aromatic nitrogens is 2. The Hall–Kier alpha value is -1.83. The van der Waals surface area contributed by atoms with Crippen LogP contribution in [0.3, 0.4) is 0 Å². The second kappa shape index (κ2) is 3.50. The third kappa shape index (κ3) is 1.91. The van der Waals surface area contributed by atoms with E-state index in [-0.39, 0.29) is 18.3 Å². The Balaban J connectivity index is 1.95. The molecule has 1 aromatic heterocycles. The Labute approximate surface area is 81.4 Å². The summed E-state index contributed by atoms with van der Waals surface area (Å²) in [7, 11) is 0. The zero-order chi connectivity index (χ0) is 9.97. The van der Waals surface area contributed by atoms with Crippen LogP contribution < -0.4 is 5.32 Å². The van der Waals surface area contributed by atoms with Gasteiger partial charge in [0.1, 0.15) is 12.6 Å². The molecule has 1 heterocycles. The summed E-state index contributed by atoms with van der Waals surface area (Å²) >= 11 is 0. The van der Waals surface area contributed by atoms with Crippen molar-refractivity contribution in [3.63, 3.8) is 0 Å². The van der Waals surface area contributed by atoms with Crippen LogP contribution in [-0.4, -0.2) is 21.5 Å². The minimum atomic E-state index is -0.0537. The van der Waals surface area contributed by atoms with Crippen LogP contribution in [0.1, 0.15) is 18.7 Å². The molecule has 1 aliphatic carbocycles. The van der Waals surface area contributed by atoms with Crippen LogP contribution in [0.15, 0.2) is 12.4 Å². The van der Waals surface area contributed by atoms with E-state index in [1.165, 1.54) is 10.8 Å². The molecular weight excluding hydrogens is 180 g/mol. The van der Waals surface area contributed by atoms with Crippen molar-refractivity contribution < 1.29 is 4.79 Å². The van der Waals surface area contributed by atoms with Crippen LogP contribution in [0.25, 0.3) is 0 Å². The molecule has 0 aliphatic heterocycles. The maximum Gasteiger partial charge on any atom is 0.240 e. The monoisotopic (exact) mass is 190 g/mol. The number of hydrogen-bond acceptors (Lipinski definition) is 3. The van der Waals surface area contributed by atoms with Gasteiger partial charge in [0, 0.05) is 18.4 Å². The molecule has 1 amide bonds. The van der Waals surface area contributed by atoms with Gasteiger partial charge in [-0.3, -0.25) is 4.79 Å². The average molecular weight is 190 g/mol. The highest BCUT2D eigenvalue weighted by atomic mass is 16.2. The minimum Gasteiger partial charge on any atom is -0.352 e. The first-order valence-electron chi connectivity index (χ1n) is 4.50. The zero-order valence-corrected chi connectivity index (χ0v) is 7.60. The first-order valence-corrected chi connectivity index (χ1v) is 4.50. The molecule has 0 radical (unpaired) electrons. The number of amides is 1. The van der Waals surface area contributed by atoms with E-state index in [1.54, 1.807) is 6.20 Å². The maximum atomic E-state index is 11.4. The van der Waals surface area contributed by atoms with Gasteiger partial charge in [-0.05, 0) is 12.8 Å². The molecule has 5 heteroatoms. The highest BCUT2D eigenvalue weighted by Crippen LogP contribution is 2.18. The summed E-state index contributed by atoms with van der Waals surface area (Å²) in [6, 6.07) is 2.28. The fourth-order valence-electron chi connectivity index (χ4n) is 1.21. The van der Waals surface area contributed by atoms with Gasteiger partial charge >= 0.3 is 0 Å². The van der Waals surface area contributed by atoms with Gasteiger partial charge in [-0.1, -0.05) is 0 Å². The van der Waals surface area contributed by atoms with Gasteiger partial charge in [0.05, 0.1) is 0 Å². The van der Waals surface area contributed by atoms with Gasteiger partial charge in [-0.2, -0.15) is 5.26 Å². The number of rotatable bonds is 3. The second-order valence-electron chi connectivity index (χ2n) is 3.33. The summed E-state index contributed by atoms with van der Waals surface area (Å²) in [5.74, 6) is 0.220. The lowest BCUT2D eigenvalue weighted by molar-refractivity contribution is -0.121. The van der Waals surface area contributed by atoms with E-state index >= 15 is 0 Å². The molecule has 1 saturated carbocycles. The number of carbonyl (C=O) groups excluding carboxylic acids is 1. The third-order valence-electron chi connectivity index (χ3n) is 2.07. The molecular formula is C9H10N4O. The van der Waals surface area contributed by atoms with Crippen molar-refractivity contribution >= 4 is 5.91 Å². The molecule has 1 fully saturated rings. The predicted octanol–water partition coefficient (Wildman–Crippen LogP) is 0.0334. The average Bonchev–Trinajstić information content (AvgIpc) is 2.84. The molecule has 0 aromatic carbocycles. The Kier molecular flexibility index (Phi) is 2.19. The van der Waals surface area contributed by atoms with E-state index < -0.39 is 0 Å². The lowest BCUT2D eigenvalue weighted by Crippen LogP contribution is -2.29. The van der Waals surface area contributed by atoms with Crippen molar-refractivity contribution in [1.29, 1.82) is 5.26 Å². The molecule has 0 saturated heterocycles. The number of imidazole rings is 1. The van der Waals surface area contributed by atoms with Crippen molar-refractivity contribution in [3.05, 3.63) is 18.2 Å². The van der Waals surface area contributed by atoms with Crippen LogP contribution in [0.5, 0.6) is 0 Å². The van der Waals surface area contributed by atoms with Crippen LogP contribution in [-0.2, 0) is 11.3 Å². The molecule has 0 spiro atoms. The molecule has 14 heavy (non-hydrogen) atoms. The topological polar surface area (TPSA) is 70.7 Å². The van der Waals surface area contributed by atoms with Crippen molar-refractivity contribution in [2.75, 3.05) is 0 Å². The summed E-state index contributed by atoms with van der Waals surface area (Å²) in [6.07, 6.45) is 5.29. The van der Waals surface area contributed by atoms with Crippen LogP contribution >= 0.6 is 0 Å². The van der Waals surface area contributed by atoms with Gasteiger partial charge in [0.15, 0.2) is 0 Å². The lowest BCUT2D eigenvalue weighted by atomic mass is 10.5. The lowest BCUT2D eigenvalue weighted by Gasteiger charge is -2.04. The summed E-state index contributed by atoms with van der Waals surface area (Å²) in [5.41, 5.74) is 0. The number of carbonyl (C=O) groups is 1. The van der Waals surface area contributed by atoms with Crippen LogP contribution in [0, 0.1) is 11.3 Å². The van der Waals surface area contributed by atoms with E-state index in [1.807, 2.05) is 6.07 Å². The Morgan fingerprint density at radius 2 is 2.57 bits per heavy atom. The summed E-state index contributed by atoms with van der Waals surface area (Å²) in [6.45, 7) is 0.180. The van der Waals surface area contributed by atoms with Gasteiger partial charge in [-0.15, -0.1) is 0 Å². The van der Waals surface area contributed by atoms with Crippen molar-refractivity contribution in [2.24, 2.45) is 0 Å². The summed E-state index contributed by atoms with van der Waals surface area (Å²) in [4.78, 5) is 15.2. The molecule has 2 rings (SSSR count). The largest absolute Gasteiger partial charge is 0.352 e. The van der Waals surface area contributed by atoms with E-state index in [2.05, 4.69) is 10.3 Å². The van der Waals surface area contributed by atoms with Gasteiger partial charge in [-0.25, -0.2) is 4.98 Å². The zero-order valence-electron chi connectivity index (χ0n) is 7.60. The molecule has 72 valence electrons. The molecule has 0 unspecified atom stereocenters. The van der Waals surface area contributed by atoms with Crippen LogP contribution in [0.4, 0.5) is 0 Å².